The van der Waals surface area contributed by atoms with E-state index in [9.17, 15) is 9.59 Å². The van der Waals surface area contributed by atoms with Crippen LogP contribution in [-0.4, -0.2) is 21.7 Å². The van der Waals surface area contributed by atoms with Gasteiger partial charge in [-0.25, -0.2) is 0 Å². The summed E-state index contributed by atoms with van der Waals surface area (Å²) in [6, 6.07) is 3.81. The van der Waals surface area contributed by atoms with Crippen LogP contribution in [0.5, 0.6) is 0 Å². The van der Waals surface area contributed by atoms with Crippen molar-refractivity contribution in [3.05, 3.63) is 23.5 Å². The van der Waals surface area contributed by atoms with Crippen molar-refractivity contribution in [2.75, 3.05) is 5.43 Å². The molecule has 0 saturated heterocycles. The molecule has 0 aromatic carbocycles. The van der Waals surface area contributed by atoms with E-state index in [0.717, 1.165) is 11.4 Å². The minimum absolute atomic E-state index is 0.227. The van der Waals surface area contributed by atoms with Crippen molar-refractivity contribution < 1.29 is 14.7 Å². The Balaban J connectivity index is 2.14. The molecule has 1 aliphatic carbocycles. The third-order valence-corrected chi connectivity index (χ3v) is 3.87. The van der Waals surface area contributed by atoms with Crippen LogP contribution in [0.2, 0.25) is 0 Å². The fraction of sp³-hybridized carbons (Fsp3) is 0.538. The Bertz CT molecular complexity index is 497. The lowest BCUT2D eigenvalue weighted by Crippen LogP contribution is -2.27. The molecule has 1 aromatic rings. The maximum absolute atomic E-state index is 12.1. The first-order valence-corrected chi connectivity index (χ1v) is 5.95. The van der Waals surface area contributed by atoms with Gasteiger partial charge in [-0.3, -0.25) is 19.7 Å². The maximum Gasteiger partial charge on any atom is 0.307 e. The normalized spacial score (nSPS) is 24.7. The first kappa shape index (κ1) is 12.7. The average Bonchev–Trinajstić information content (AvgIpc) is 2.72. The number of amides is 1. The standard InChI is InChI=1S/C13H18N2O3/c1-7-5-6-8(2)15(7)14-11(16)9-10(12(17)18)13(9,3)4/h5-6,9-10H,1-4H3,(H,14,16)(H,17,18)/t9-,10+/m1/s1. The smallest absolute Gasteiger partial charge is 0.307 e. The number of rotatable bonds is 3. The molecule has 0 spiro atoms. The van der Waals surface area contributed by atoms with E-state index in [4.69, 9.17) is 5.11 Å². The molecule has 0 unspecified atom stereocenters. The number of nitrogens with one attached hydrogen (secondary N) is 1. The molecule has 0 radical (unpaired) electrons. The lowest BCUT2D eigenvalue weighted by molar-refractivity contribution is -0.140. The van der Waals surface area contributed by atoms with Crippen LogP contribution in [-0.2, 0) is 9.59 Å². The Kier molecular flexibility index (Phi) is 2.72. The summed E-state index contributed by atoms with van der Waals surface area (Å²) in [5.74, 6) is -2.18. The van der Waals surface area contributed by atoms with Gasteiger partial charge >= 0.3 is 5.97 Å². The first-order chi connectivity index (χ1) is 8.26. The van der Waals surface area contributed by atoms with Crippen LogP contribution in [0.25, 0.3) is 0 Å². The third-order valence-electron chi connectivity index (χ3n) is 3.87. The minimum atomic E-state index is -0.902. The average molecular weight is 250 g/mol. The van der Waals surface area contributed by atoms with E-state index in [-0.39, 0.29) is 5.91 Å². The fourth-order valence-corrected chi connectivity index (χ4v) is 2.61. The molecule has 2 rings (SSSR count). The van der Waals surface area contributed by atoms with Crippen molar-refractivity contribution in [3.8, 4) is 0 Å². The molecule has 98 valence electrons. The SMILES string of the molecule is Cc1ccc(C)n1NC(=O)[C@H]1[C@@H](C(=O)O)C1(C)C. The summed E-state index contributed by atoms with van der Waals surface area (Å²) in [5.41, 5.74) is 4.15. The zero-order valence-corrected chi connectivity index (χ0v) is 11.0. The fourth-order valence-electron chi connectivity index (χ4n) is 2.61. The van der Waals surface area contributed by atoms with Crippen molar-refractivity contribution >= 4 is 11.9 Å². The Morgan fingerprint density at radius 3 is 2.11 bits per heavy atom. The summed E-state index contributed by atoms with van der Waals surface area (Å²) in [4.78, 5) is 23.2. The molecule has 1 amide bonds. The van der Waals surface area contributed by atoms with Gasteiger partial charge < -0.3 is 5.11 Å². The number of hydrogen-bond donors (Lipinski definition) is 2. The predicted octanol–water partition coefficient (Wildman–Crippen LogP) is 1.53. The van der Waals surface area contributed by atoms with E-state index < -0.39 is 23.2 Å². The summed E-state index contributed by atoms with van der Waals surface area (Å²) in [7, 11) is 0. The van der Waals surface area contributed by atoms with Gasteiger partial charge in [0.25, 0.3) is 0 Å². The van der Waals surface area contributed by atoms with E-state index in [1.54, 1.807) is 4.68 Å². The van der Waals surface area contributed by atoms with Crippen LogP contribution in [0.3, 0.4) is 0 Å². The first-order valence-electron chi connectivity index (χ1n) is 5.95. The molecule has 18 heavy (non-hydrogen) atoms. The van der Waals surface area contributed by atoms with Gasteiger partial charge in [0.2, 0.25) is 5.91 Å². The van der Waals surface area contributed by atoms with E-state index >= 15 is 0 Å². The largest absolute Gasteiger partial charge is 0.481 e. The Morgan fingerprint density at radius 2 is 1.72 bits per heavy atom. The van der Waals surface area contributed by atoms with Crippen LogP contribution in [0.15, 0.2) is 12.1 Å². The Labute approximate surface area is 106 Å². The number of nitrogens with zero attached hydrogens (tertiary/aromatic N) is 1. The number of carboxylic acids is 1. The molecule has 2 atom stereocenters. The molecule has 1 aliphatic rings. The third kappa shape index (κ3) is 1.79. The summed E-state index contributed by atoms with van der Waals surface area (Å²) >= 11 is 0. The van der Waals surface area contributed by atoms with Crippen molar-refractivity contribution in [2.45, 2.75) is 27.7 Å². The highest BCUT2D eigenvalue weighted by atomic mass is 16.4. The zero-order valence-electron chi connectivity index (χ0n) is 11.0. The van der Waals surface area contributed by atoms with Crippen LogP contribution >= 0.6 is 0 Å². The second kappa shape index (κ2) is 3.86. The molecule has 5 nitrogen and oxygen atoms in total. The molecule has 1 heterocycles. The number of carboxylic acid groups (broad SMARTS) is 1. The lowest BCUT2D eigenvalue weighted by atomic mass is 10.1. The highest BCUT2D eigenvalue weighted by molar-refractivity contribution is 5.95. The van der Waals surface area contributed by atoms with Gasteiger partial charge in [-0.1, -0.05) is 13.8 Å². The zero-order chi connectivity index (χ0) is 13.7. The van der Waals surface area contributed by atoms with Crippen LogP contribution in [0.1, 0.15) is 25.2 Å². The van der Waals surface area contributed by atoms with Crippen LogP contribution in [0, 0.1) is 31.1 Å². The van der Waals surface area contributed by atoms with Gasteiger partial charge in [-0.2, -0.15) is 0 Å². The molecular weight excluding hydrogens is 232 g/mol. The van der Waals surface area contributed by atoms with E-state index in [0.29, 0.717) is 0 Å². The number of carbonyl (C=O) groups excluding carboxylic acids is 1. The highest BCUT2D eigenvalue weighted by Gasteiger charge is 2.66. The quantitative estimate of drug-likeness (QED) is 0.854. The van der Waals surface area contributed by atoms with E-state index in [1.165, 1.54) is 0 Å². The molecule has 5 heteroatoms. The molecule has 1 aromatic heterocycles. The Morgan fingerprint density at radius 1 is 1.22 bits per heavy atom. The van der Waals surface area contributed by atoms with Gasteiger partial charge in [0.15, 0.2) is 0 Å². The van der Waals surface area contributed by atoms with E-state index in [2.05, 4.69) is 5.43 Å². The number of aliphatic carboxylic acids is 1. The lowest BCUT2D eigenvalue weighted by Gasteiger charge is -2.11. The summed E-state index contributed by atoms with van der Waals surface area (Å²) in [5, 5.41) is 9.06. The summed E-state index contributed by atoms with van der Waals surface area (Å²) in [6.45, 7) is 7.40. The number of hydrogen-bond acceptors (Lipinski definition) is 2. The van der Waals surface area contributed by atoms with Crippen molar-refractivity contribution in [3.63, 3.8) is 0 Å². The topological polar surface area (TPSA) is 71.3 Å². The summed E-state index contributed by atoms with van der Waals surface area (Å²) in [6.07, 6.45) is 0. The maximum atomic E-state index is 12.1. The van der Waals surface area contributed by atoms with Crippen molar-refractivity contribution in [1.29, 1.82) is 0 Å². The number of aromatic nitrogens is 1. The van der Waals surface area contributed by atoms with E-state index in [1.807, 2.05) is 39.8 Å². The summed E-state index contributed by atoms with van der Waals surface area (Å²) < 4.78 is 1.69. The second-order valence-electron chi connectivity index (χ2n) is 5.54. The second-order valence-corrected chi connectivity index (χ2v) is 5.54. The van der Waals surface area contributed by atoms with Gasteiger partial charge in [0.05, 0.1) is 11.8 Å². The molecule has 2 N–H and O–H groups in total. The highest BCUT2D eigenvalue weighted by Crippen LogP contribution is 2.58. The molecule has 1 fully saturated rings. The molecular formula is C13H18N2O3. The number of aryl methyl sites for hydroxylation is 2. The minimum Gasteiger partial charge on any atom is -0.481 e. The van der Waals surface area contributed by atoms with Gasteiger partial charge in [-0.15, -0.1) is 0 Å². The van der Waals surface area contributed by atoms with Crippen LogP contribution < -0.4 is 5.43 Å². The monoisotopic (exact) mass is 250 g/mol. The van der Waals surface area contributed by atoms with Gasteiger partial charge in [0, 0.05) is 11.4 Å². The van der Waals surface area contributed by atoms with Crippen molar-refractivity contribution in [2.24, 2.45) is 17.3 Å². The molecule has 0 aliphatic heterocycles. The van der Waals surface area contributed by atoms with Gasteiger partial charge in [0.1, 0.15) is 0 Å². The molecule has 0 bridgehead atoms. The predicted molar refractivity (Wildman–Crippen MR) is 66.7 cm³/mol. The van der Waals surface area contributed by atoms with Crippen molar-refractivity contribution in [1.82, 2.24) is 4.68 Å². The number of carbonyl (C=O) groups is 2. The molecule has 1 saturated carbocycles. The Hall–Kier alpha value is -1.78. The van der Waals surface area contributed by atoms with Crippen LogP contribution in [0.4, 0.5) is 0 Å². The van der Waals surface area contributed by atoms with Gasteiger partial charge in [-0.05, 0) is 31.4 Å².